The molecule has 12 rings (SSSR count). The third-order valence-electron chi connectivity index (χ3n) is 16.0. The first kappa shape index (κ1) is 111. The number of nitro benzene ring substituents is 3. The van der Waals surface area contributed by atoms with Gasteiger partial charge in [0.2, 0.25) is 5.82 Å². The van der Waals surface area contributed by atoms with Gasteiger partial charge in [0, 0.05) is 127 Å². The number of ether oxygens (including phenoxy) is 5. The zero-order valence-electron chi connectivity index (χ0n) is 70.5. The van der Waals surface area contributed by atoms with Crippen LogP contribution in [0.5, 0.6) is 0 Å². The first-order chi connectivity index (χ1) is 57.5. The van der Waals surface area contributed by atoms with Crippen molar-refractivity contribution in [1.82, 2.24) is 15.0 Å². The Bertz CT molecular complexity index is 5310. The van der Waals surface area contributed by atoms with Crippen LogP contribution < -0.4 is 36.4 Å². The molecule has 5 N–H and O–H groups in total. The number of nitrogens with one attached hydrogen (secondary N) is 1. The highest BCUT2D eigenvalue weighted by Gasteiger charge is 2.34. The van der Waals surface area contributed by atoms with Gasteiger partial charge in [-0.05, 0) is 198 Å². The number of benzene rings is 6. The summed E-state index contributed by atoms with van der Waals surface area (Å²) in [6, 6.07) is 20.9. The number of carbonyl (C=O) groups excluding carboxylic acids is 4. The Balaban J connectivity index is 0.000000501. The van der Waals surface area contributed by atoms with Crippen molar-refractivity contribution in [1.29, 1.82) is 0 Å². The summed E-state index contributed by atoms with van der Waals surface area (Å²) in [5, 5.41) is 36.0. The summed E-state index contributed by atoms with van der Waals surface area (Å²) in [4.78, 5) is 94.3. The Labute approximate surface area is 755 Å². The third-order valence-corrected chi connectivity index (χ3v) is 17.9. The number of anilines is 6. The number of nitrogen functional groups attached to an aromatic ring is 1. The fourth-order valence-electron chi connectivity index (χ4n) is 10.6. The van der Waals surface area contributed by atoms with Gasteiger partial charge in [-0.3, -0.25) is 59.9 Å². The third kappa shape index (κ3) is 34.3. The molecular formula is C85H100Cl6F7N13O15. The van der Waals surface area contributed by atoms with E-state index in [1.807, 2.05) is 0 Å². The van der Waals surface area contributed by atoms with Crippen molar-refractivity contribution in [2.75, 3.05) is 86.1 Å². The van der Waals surface area contributed by atoms with Gasteiger partial charge in [0.25, 0.3) is 11.4 Å². The molecule has 0 spiro atoms. The number of nitrogens with zero attached hydrogens (tertiary/aromatic N) is 10. The first-order valence-corrected chi connectivity index (χ1v) is 39.1. The van der Waals surface area contributed by atoms with Crippen molar-refractivity contribution < 1.29 is 88.4 Å². The normalized spacial score (nSPS) is 11.5. The van der Waals surface area contributed by atoms with Gasteiger partial charge in [-0.1, -0.05) is 84.5 Å². The maximum absolute atomic E-state index is 14.2. The Morgan fingerprint density at radius 1 is 0.444 bits per heavy atom. The van der Waals surface area contributed by atoms with Gasteiger partial charge in [0.15, 0.2) is 0 Å². The van der Waals surface area contributed by atoms with E-state index in [0.29, 0.717) is 89.2 Å². The zero-order chi connectivity index (χ0) is 94.1. The molecule has 0 bridgehead atoms. The first-order valence-electron chi connectivity index (χ1n) is 36.8. The van der Waals surface area contributed by atoms with E-state index in [2.05, 4.69) is 26.0 Å². The molecule has 4 amide bonds. The number of hydrogen-bond donors (Lipinski definition) is 3. The SMILES string of the molecule is C.C.C1CCOC1.CN.CN(C(=O)OC(C)(C)C)c1cc(F)cc2c1Cc1ncc(Cl)c(Cl)c1-2.CN(C(=O)OC(C)(C)C)c1cc(F)cc2c1Cc1ncc(Cl)cc1-2.CN(C(=O)OC(C)(C)C)c1cc(F)ccc1N.CN(C(=O)OC(C)(C)C)c1cc(F)ccc1[N+](=O)[O-].CNc1cc(F)ccc1[N+](=O)[O-].Clc1cnc(Cl)c(Cl)c1.O=[N+]([O-])c1ccc(F)cc1F. The molecule has 2 aliphatic carbocycles. The lowest BCUT2D eigenvalue weighted by molar-refractivity contribution is -0.387. The molecule has 0 atom stereocenters. The largest absolute Gasteiger partial charge is 0.443 e. The van der Waals surface area contributed by atoms with Gasteiger partial charge in [0.1, 0.15) is 73.8 Å². The Hall–Kier alpha value is -11.2. The fraction of sp³-hybridized carbons (Fsp3) is 0.353. The lowest BCUT2D eigenvalue weighted by atomic mass is 10.0. The van der Waals surface area contributed by atoms with Gasteiger partial charge in [0.05, 0.1) is 74.0 Å². The minimum atomic E-state index is -1.16. The van der Waals surface area contributed by atoms with Crippen LogP contribution in [0, 0.1) is 71.1 Å². The number of fused-ring (bicyclic) bond motifs is 6. The quantitative estimate of drug-likeness (QED) is 0.0318. The highest BCUT2D eigenvalue weighted by Crippen LogP contribution is 2.47. The highest BCUT2D eigenvalue weighted by atomic mass is 35.5. The standard InChI is InChI=1S/C18H17Cl2FN2O2.C18H18ClFN2O2.C12H15FN2O4.C12H17FN2O2.C7H7FN2O2.C6H3F2NO2.C5H2Cl3N.C4H8O.CH5N.2CH4/c1-18(2,3)25-17(24)23(4)14-6-9(21)5-11-10(14)7-13-15(11)16(20)12(19)8-22-13;1-18(2,3)24-17(23)22(4)16-7-11(20)6-12-13-5-10(19)9-21-15(13)8-14(12)16;1-12(2,3)19-11(16)14(4)10-7-8(13)5-6-9(10)15(17)18;1-12(2,3)17-11(16)15(4)10-7-8(13)5-6-9(10)14;1-9-6-4-5(8)2-3-7(6)10(11)12;7-4-1-2-6(9(10)11)5(8)3-4;6-3-1-4(7)5(8)9-2-3;1-2-4-5-3-1;1-2;;/h5-6,8H,7H2,1-4H3;5-7,9H,8H2,1-4H3;5-7H,1-4H3;5-7H,14H2,1-4H3;2-4,9H,1H3;1-3H;1-2H;1-4H2;2H2,1H3;2*1H4. The van der Waals surface area contributed by atoms with Crippen molar-refractivity contribution in [2.45, 2.75) is 146 Å². The van der Waals surface area contributed by atoms with E-state index in [4.69, 9.17) is 99.0 Å². The average Bonchev–Trinajstić information content (AvgIpc) is 1.60. The number of aromatic nitrogens is 3. The number of carbonyl (C=O) groups is 4. The predicted octanol–water partition coefficient (Wildman–Crippen LogP) is 24.5. The molecule has 0 radical (unpaired) electrons. The molecule has 0 unspecified atom stereocenters. The molecule has 3 aliphatic rings. The van der Waals surface area contributed by atoms with Crippen LogP contribution in [0.3, 0.4) is 0 Å². The molecule has 1 fully saturated rings. The van der Waals surface area contributed by atoms with Crippen LogP contribution in [0.25, 0.3) is 22.3 Å². The summed E-state index contributed by atoms with van der Waals surface area (Å²) in [5.74, 6) is -4.51. The van der Waals surface area contributed by atoms with Crippen LogP contribution in [-0.2, 0) is 36.5 Å². The summed E-state index contributed by atoms with van der Waals surface area (Å²) in [6.45, 7) is 23.0. The van der Waals surface area contributed by atoms with E-state index in [0.717, 1.165) is 89.0 Å². The Morgan fingerprint density at radius 3 is 1.23 bits per heavy atom. The smallest absolute Gasteiger partial charge is 0.414 e. The topological polar surface area (TPSA) is 360 Å². The van der Waals surface area contributed by atoms with Crippen LogP contribution in [0.1, 0.15) is 133 Å². The summed E-state index contributed by atoms with van der Waals surface area (Å²) < 4.78 is 118. The molecule has 41 heteroatoms. The van der Waals surface area contributed by atoms with Gasteiger partial charge in [-0.15, -0.1) is 0 Å². The molecule has 686 valence electrons. The van der Waals surface area contributed by atoms with Crippen LogP contribution in [0.15, 0.2) is 128 Å². The molecule has 9 aromatic rings. The Morgan fingerprint density at radius 2 is 0.810 bits per heavy atom. The van der Waals surface area contributed by atoms with Gasteiger partial charge >= 0.3 is 30.1 Å². The minimum absolute atomic E-state index is 0. The minimum Gasteiger partial charge on any atom is -0.443 e. The van der Waals surface area contributed by atoms with Crippen molar-refractivity contribution in [2.24, 2.45) is 5.73 Å². The maximum atomic E-state index is 14.2. The summed E-state index contributed by atoms with van der Waals surface area (Å²) in [6.07, 6.45) is 5.54. The van der Waals surface area contributed by atoms with E-state index >= 15 is 0 Å². The lowest BCUT2D eigenvalue weighted by Gasteiger charge is -2.26. The van der Waals surface area contributed by atoms with Crippen LogP contribution in [0.2, 0.25) is 30.3 Å². The molecule has 4 heterocycles. The second kappa shape index (κ2) is 49.1. The van der Waals surface area contributed by atoms with Gasteiger partial charge in [-0.2, -0.15) is 4.39 Å². The lowest BCUT2D eigenvalue weighted by Crippen LogP contribution is -2.34. The number of amides is 4. The highest BCUT2D eigenvalue weighted by molar-refractivity contribution is 6.44. The monoisotopic (exact) mass is 1890 g/mol. The van der Waals surface area contributed by atoms with Crippen molar-refractivity contribution >= 4 is 145 Å². The average molecular weight is 1890 g/mol. The summed E-state index contributed by atoms with van der Waals surface area (Å²) >= 11 is 34.9. The Kier molecular flexibility index (Phi) is 43.2. The molecule has 0 saturated carbocycles. The molecule has 1 aliphatic heterocycles. The van der Waals surface area contributed by atoms with E-state index in [1.54, 1.807) is 116 Å². The van der Waals surface area contributed by atoms with Crippen LogP contribution in [0.4, 0.5) is 101 Å². The summed E-state index contributed by atoms with van der Waals surface area (Å²) in [5.41, 5.74) is 13.7. The number of nitrogens with two attached hydrogens (primary N) is 2. The number of rotatable bonds is 8. The molecule has 6 aromatic carbocycles. The molecule has 126 heavy (non-hydrogen) atoms. The van der Waals surface area contributed by atoms with E-state index < -0.39 is 108 Å². The van der Waals surface area contributed by atoms with Crippen LogP contribution in [-0.4, -0.2) is 132 Å². The number of nitro groups is 3. The number of pyridine rings is 3. The molecule has 28 nitrogen and oxygen atoms in total. The van der Waals surface area contributed by atoms with E-state index in [-0.39, 0.29) is 42.8 Å². The number of hydrogen-bond acceptors (Lipinski definition) is 21. The predicted molar refractivity (Wildman–Crippen MR) is 481 cm³/mol. The second-order valence-electron chi connectivity index (χ2n) is 30.2. The van der Waals surface area contributed by atoms with Crippen molar-refractivity contribution in [3.8, 4) is 22.3 Å². The van der Waals surface area contributed by atoms with Crippen LogP contribution >= 0.6 is 69.6 Å². The summed E-state index contributed by atoms with van der Waals surface area (Å²) in [7, 11) is 8.90. The van der Waals surface area contributed by atoms with Gasteiger partial charge in [-0.25, -0.2) is 50.5 Å². The number of halogens is 13. The fourth-order valence-corrected chi connectivity index (χ4v) is 11.7. The molecule has 1 saturated heterocycles. The van der Waals surface area contributed by atoms with E-state index in [9.17, 15) is 80.3 Å². The molecule has 3 aromatic heterocycles. The van der Waals surface area contributed by atoms with Crippen molar-refractivity contribution in [3.05, 3.63) is 252 Å². The molecular weight excluding hydrogens is 1790 g/mol. The second-order valence-corrected chi connectivity index (χ2v) is 32.6. The van der Waals surface area contributed by atoms with E-state index in [1.165, 1.54) is 111 Å². The zero-order valence-corrected chi connectivity index (χ0v) is 75.1. The maximum Gasteiger partial charge on any atom is 0.414 e. The van der Waals surface area contributed by atoms with Crippen molar-refractivity contribution in [3.63, 3.8) is 0 Å². The van der Waals surface area contributed by atoms with Gasteiger partial charge < -0.3 is 40.5 Å².